The van der Waals surface area contributed by atoms with E-state index in [4.69, 9.17) is 4.42 Å². The highest BCUT2D eigenvalue weighted by atomic mass is 19.1. The predicted molar refractivity (Wildman–Crippen MR) is 69.1 cm³/mol. The van der Waals surface area contributed by atoms with Crippen LogP contribution in [0.1, 0.15) is 17.5 Å². The first kappa shape index (κ1) is 11.8. The summed E-state index contributed by atoms with van der Waals surface area (Å²) in [6.07, 6.45) is 4.88. The third-order valence-corrected chi connectivity index (χ3v) is 2.97. The quantitative estimate of drug-likeness (QED) is 0.783. The van der Waals surface area contributed by atoms with Crippen LogP contribution >= 0.6 is 0 Å². The fourth-order valence-electron chi connectivity index (χ4n) is 2.09. The number of nitrogens with one attached hydrogen (secondary N) is 1. The lowest BCUT2D eigenvalue weighted by Gasteiger charge is -2.11. The van der Waals surface area contributed by atoms with Gasteiger partial charge in [-0.3, -0.25) is 9.97 Å². The first-order valence-electron chi connectivity index (χ1n) is 5.90. The first-order chi connectivity index (χ1) is 9.29. The summed E-state index contributed by atoms with van der Waals surface area (Å²) in [6.45, 7) is 0. The van der Waals surface area contributed by atoms with Gasteiger partial charge in [0.15, 0.2) is 11.4 Å². The predicted octanol–water partition coefficient (Wildman–Crippen LogP) is 2.67. The van der Waals surface area contributed by atoms with Crippen molar-refractivity contribution in [1.29, 1.82) is 0 Å². The number of benzene rings is 1. The number of hydrogen-bond donors (Lipinski definition) is 1. The molecule has 1 atom stereocenters. The Bertz CT molecular complexity index is 696. The van der Waals surface area contributed by atoms with E-state index in [1.165, 1.54) is 6.07 Å². The highest BCUT2D eigenvalue weighted by molar-refractivity contribution is 5.78. The summed E-state index contributed by atoms with van der Waals surface area (Å²) >= 11 is 0. The highest BCUT2D eigenvalue weighted by Gasteiger charge is 2.19. The van der Waals surface area contributed by atoms with Gasteiger partial charge in [-0.2, -0.15) is 0 Å². The molecule has 0 saturated heterocycles. The Morgan fingerprint density at radius 1 is 1.32 bits per heavy atom. The van der Waals surface area contributed by atoms with E-state index in [-0.39, 0.29) is 17.4 Å². The van der Waals surface area contributed by atoms with Crippen molar-refractivity contribution in [2.75, 3.05) is 7.05 Å². The molecule has 0 spiro atoms. The van der Waals surface area contributed by atoms with Crippen LogP contribution in [0.25, 0.3) is 11.0 Å². The Labute approximate surface area is 109 Å². The van der Waals surface area contributed by atoms with Gasteiger partial charge in [0.05, 0.1) is 11.9 Å². The van der Waals surface area contributed by atoms with Crippen molar-refractivity contribution in [1.82, 2.24) is 15.3 Å². The van der Waals surface area contributed by atoms with Crippen LogP contribution in [-0.2, 0) is 0 Å². The van der Waals surface area contributed by atoms with Gasteiger partial charge in [0, 0.05) is 17.8 Å². The van der Waals surface area contributed by atoms with Gasteiger partial charge < -0.3 is 9.73 Å². The minimum Gasteiger partial charge on any atom is -0.456 e. The van der Waals surface area contributed by atoms with Crippen molar-refractivity contribution in [2.45, 2.75) is 6.04 Å². The Balaban J connectivity index is 2.09. The second kappa shape index (κ2) is 4.78. The van der Waals surface area contributed by atoms with E-state index in [0.717, 1.165) is 11.1 Å². The molecule has 4 nitrogen and oxygen atoms in total. The summed E-state index contributed by atoms with van der Waals surface area (Å²) in [5, 5.41) is 3.83. The maximum absolute atomic E-state index is 13.6. The van der Waals surface area contributed by atoms with Gasteiger partial charge in [-0.1, -0.05) is 12.1 Å². The molecule has 0 radical (unpaired) electrons. The molecule has 0 bridgehead atoms. The van der Waals surface area contributed by atoms with Crippen molar-refractivity contribution in [3.8, 4) is 0 Å². The minimum absolute atomic E-state index is 0.250. The van der Waals surface area contributed by atoms with Crippen LogP contribution in [0.3, 0.4) is 0 Å². The van der Waals surface area contributed by atoms with Gasteiger partial charge in [0.1, 0.15) is 11.8 Å². The number of aromatic nitrogens is 2. The molecule has 0 fully saturated rings. The number of para-hydroxylation sites is 1. The van der Waals surface area contributed by atoms with Gasteiger partial charge >= 0.3 is 0 Å². The second-order valence-corrected chi connectivity index (χ2v) is 4.16. The average Bonchev–Trinajstić information content (AvgIpc) is 2.86. The van der Waals surface area contributed by atoms with Crippen molar-refractivity contribution in [3.63, 3.8) is 0 Å². The third kappa shape index (κ3) is 2.08. The zero-order chi connectivity index (χ0) is 13.2. The van der Waals surface area contributed by atoms with E-state index in [2.05, 4.69) is 15.3 Å². The van der Waals surface area contributed by atoms with E-state index < -0.39 is 0 Å². The number of halogens is 1. The molecule has 1 unspecified atom stereocenters. The molecule has 0 saturated carbocycles. The normalized spacial score (nSPS) is 12.7. The fraction of sp³-hybridized carbons (Fsp3) is 0.143. The fourth-order valence-corrected chi connectivity index (χ4v) is 2.09. The maximum Gasteiger partial charge on any atom is 0.169 e. The summed E-state index contributed by atoms with van der Waals surface area (Å²) in [6, 6.07) is 6.42. The molecular weight excluding hydrogens is 245 g/mol. The molecule has 3 rings (SSSR count). The van der Waals surface area contributed by atoms with E-state index in [9.17, 15) is 4.39 Å². The van der Waals surface area contributed by atoms with Gasteiger partial charge in [0.25, 0.3) is 0 Å². The van der Waals surface area contributed by atoms with Gasteiger partial charge in [-0.25, -0.2) is 4.39 Å². The molecule has 96 valence electrons. The summed E-state index contributed by atoms with van der Waals surface area (Å²) in [5.74, 6) is 0.251. The second-order valence-electron chi connectivity index (χ2n) is 4.16. The SMILES string of the molecule is CNC(c1cnccn1)c1cc2cccc(F)c2o1. The van der Waals surface area contributed by atoms with Crippen molar-refractivity contribution in [3.05, 3.63) is 60.1 Å². The Hall–Kier alpha value is -2.27. The third-order valence-electron chi connectivity index (χ3n) is 2.97. The summed E-state index contributed by atoms with van der Waals surface area (Å²) < 4.78 is 19.2. The maximum atomic E-state index is 13.6. The van der Waals surface area contributed by atoms with Crippen LogP contribution in [0.5, 0.6) is 0 Å². The summed E-state index contributed by atoms with van der Waals surface area (Å²) in [7, 11) is 1.79. The van der Waals surface area contributed by atoms with Crippen LogP contribution < -0.4 is 5.32 Å². The molecule has 1 aromatic carbocycles. The zero-order valence-electron chi connectivity index (χ0n) is 10.3. The van der Waals surface area contributed by atoms with E-state index in [1.807, 2.05) is 12.1 Å². The van der Waals surface area contributed by atoms with Crippen molar-refractivity contribution in [2.24, 2.45) is 0 Å². The van der Waals surface area contributed by atoms with Crippen molar-refractivity contribution >= 4 is 11.0 Å². The molecule has 0 aliphatic rings. The molecular formula is C14H12FN3O. The lowest BCUT2D eigenvalue weighted by molar-refractivity contribution is 0.471. The van der Waals surface area contributed by atoms with E-state index >= 15 is 0 Å². The van der Waals surface area contributed by atoms with Gasteiger partial charge in [-0.05, 0) is 19.2 Å². The smallest absolute Gasteiger partial charge is 0.169 e. The van der Waals surface area contributed by atoms with Gasteiger partial charge in [-0.15, -0.1) is 0 Å². The standard InChI is InChI=1S/C14H12FN3O/c1-16-13(11-8-17-5-6-18-11)12-7-9-3-2-4-10(15)14(9)19-12/h2-8,13,16H,1H3. The molecule has 19 heavy (non-hydrogen) atoms. The van der Waals surface area contributed by atoms with Crippen LogP contribution in [-0.4, -0.2) is 17.0 Å². The molecule has 0 aliphatic carbocycles. The first-order valence-corrected chi connectivity index (χ1v) is 5.90. The van der Waals surface area contributed by atoms with Crippen molar-refractivity contribution < 1.29 is 8.81 Å². The van der Waals surface area contributed by atoms with Crippen LogP contribution in [0.4, 0.5) is 4.39 Å². The van der Waals surface area contributed by atoms with Crippen LogP contribution in [0, 0.1) is 5.82 Å². The summed E-state index contributed by atoms with van der Waals surface area (Å²) in [4.78, 5) is 8.27. The molecule has 2 aromatic heterocycles. The topological polar surface area (TPSA) is 51.0 Å². The number of rotatable bonds is 3. The van der Waals surface area contributed by atoms with Crippen LogP contribution in [0.2, 0.25) is 0 Å². The lowest BCUT2D eigenvalue weighted by atomic mass is 10.1. The molecule has 3 aromatic rings. The van der Waals surface area contributed by atoms with E-state index in [1.54, 1.807) is 31.7 Å². The Morgan fingerprint density at radius 3 is 2.89 bits per heavy atom. The molecule has 1 N–H and O–H groups in total. The molecule has 2 heterocycles. The van der Waals surface area contributed by atoms with E-state index in [0.29, 0.717) is 5.76 Å². The largest absolute Gasteiger partial charge is 0.456 e. The zero-order valence-corrected chi connectivity index (χ0v) is 10.3. The molecule has 0 amide bonds. The monoisotopic (exact) mass is 257 g/mol. The number of fused-ring (bicyclic) bond motifs is 1. The average molecular weight is 257 g/mol. The lowest BCUT2D eigenvalue weighted by Crippen LogP contribution is -2.18. The van der Waals surface area contributed by atoms with Gasteiger partial charge in [0.2, 0.25) is 0 Å². The van der Waals surface area contributed by atoms with Crippen LogP contribution in [0.15, 0.2) is 47.3 Å². The minimum atomic E-state index is -0.363. The molecule has 0 aliphatic heterocycles. The Kier molecular flexibility index (Phi) is 2.97. The highest BCUT2D eigenvalue weighted by Crippen LogP contribution is 2.28. The molecule has 5 heteroatoms. The number of furan rings is 1. The number of hydrogen-bond acceptors (Lipinski definition) is 4. The number of nitrogens with zero attached hydrogens (tertiary/aromatic N) is 2. The summed E-state index contributed by atoms with van der Waals surface area (Å²) in [5.41, 5.74) is 0.992. The Morgan fingerprint density at radius 2 is 2.21 bits per heavy atom.